The number of aromatic amines is 1. The number of methoxy groups -OCH3 is 1. The standard InChI is InChI=1S/C13H10F2N2O3/c1-20-13(19)9-6-10(16-17-12(9)18)7-2-4-8(5-3-7)11(14)15/h2-6,11H,1H3,(H,17,18). The van der Waals surface area contributed by atoms with Crippen molar-refractivity contribution in [3.05, 3.63) is 51.8 Å². The Morgan fingerprint density at radius 3 is 2.50 bits per heavy atom. The molecule has 1 heterocycles. The van der Waals surface area contributed by atoms with E-state index >= 15 is 0 Å². The van der Waals surface area contributed by atoms with Crippen molar-refractivity contribution in [3.8, 4) is 11.3 Å². The van der Waals surface area contributed by atoms with Gasteiger partial charge in [0, 0.05) is 11.1 Å². The summed E-state index contributed by atoms with van der Waals surface area (Å²) in [7, 11) is 1.15. The van der Waals surface area contributed by atoms with Gasteiger partial charge in [-0.1, -0.05) is 24.3 Å². The van der Waals surface area contributed by atoms with Gasteiger partial charge in [-0.25, -0.2) is 18.7 Å². The Labute approximate surface area is 112 Å². The van der Waals surface area contributed by atoms with Gasteiger partial charge in [-0.05, 0) is 6.07 Å². The molecule has 1 aromatic carbocycles. The number of esters is 1. The summed E-state index contributed by atoms with van der Waals surface area (Å²) >= 11 is 0. The molecule has 104 valence electrons. The molecule has 2 rings (SSSR count). The zero-order valence-electron chi connectivity index (χ0n) is 10.4. The first-order valence-corrected chi connectivity index (χ1v) is 5.59. The fourth-order valence-electron chi connectivity index (χ4n) is 1.61. The molecule has 0 aliphatic rings. The molecule has 0 saturated heterocycles. The lowest BCUT2D eigenvalue weighted by Gasteiger charge is -2.04. The zero-order chi connectivity index (χ0) is 14.7. The Balaban J connectivity index is 2.43. The molecule has 2 aromatic rings. The third-order valence-corrected chi connectivity index (χ3v) is 2.67. The Morgan fingerprint density at radius 1 is 1.30 bits per heavy atom. The number of nitrogens with one attached hydrogen (secondary N) is 1. The Hall–Kier alpha value is -2.57. The molecular weight excluding hydrogens is 270 g/mol. The molecule has 0 aliphatic carbocycles. The number of benzene rings is 1. The summed E-state index contributed by atoms with van der Waals surface area (Å²) in [5.41, 5.74) is -0.215. The maximum atomic E-state index is 12.4. The van der Waals surface area contributed by atoms with Crippen LogP contribution in [0.2, 0.25) is 0 Å². The van der Waals surface area contributed by atoms with E-state index in [-0.39, 0.29) is 16.8 Å². The van der Waals surface area contributed by atoms with Crippen molar-refractivity contribution in [3.63, 3.8) is 0 Å². The van der Waals surface area contributed by atoms with Gasteiger partial charge in [0.15, 0.2) is 0 Å². The lowest BCUT2D eigenvalue weighted by Crippen LogP contribution is -2.20. The third-order valence-electron chi connectivity index (χ3n) is 2.67. The smallest absolute Gasteiger partial charge is 0.343 e. The maximum Gasteiger partial charge on any atom is 0.343 e. The van der Waals surface area contributed by atoms with Crippen LogP contribution in [0.5, 0.6) is 0 Å². The molecule has 7 heteroatoms. The van der Waals surface area contributed by atoms with Crippen LogP contribution in [0.25, 0.3) is 11.3 Å². The Morgan fingerprint density at radius 2 is 1.95 bits per heavy atom. The summed E-state index contributed by atoms with van der Waals surface area (Å²) in [6.45, 7) is 0. The van der Waals surface area contributed by atoms with Crippen molar-refractivity contribution in [1.82, 2.24) is 10.2 Å². The summed E-state index contributed by atoms with van der Waals surface area (Å²) in [4.78, 5) is 22.8. The maximum absolute atomic E-state index is 12.4. The van der Waals surface area contributed by atoms with E-state index in [2.05, 4.69) is 14.9 Å². The number of carbonyl (C=O) groups is 1. The highest BCUT2D eigenvalue weighted by Crippen LogP contribution is 2.22. The monoisotopic (exact) mass is 280 g/mol. The number of H-pyrrole nitrogens is 1. The molecule has 20 heavy (non-hydrogen) atoms. The summed E-state index contributed by atoms with van der Waals surface area (Å²) in [5.74, 6) is -0.792. The summed E-state index contributed by atoms with van der Waals surface area (Å²) in [5, 5.41) is 5.93. The van der Waals surface area contributed by atoms with Gasteiger partial charge in [-0.3, -0.25) is 4.79 Å². The minimum Gasteiger partial charge on any atom is -0.465 e. The number of carbonyl (C=O) groups excluding carboxylic acids is 1. The average molecular weight is 280 g/mol. The van der Waals surface area contributed by atoms with Crippen LogP contribution >= 0.6 is 0 Å². The first-order chi connectivity index (χ1) is 9.52. The summed E-state index contributed by atoms with van der Waals surface area (Å²) < 4.78 is 29.4. The van der Waals surface area contributed by atoms with Crippen molar-refractivity contribution >= 4 is 5.97 Å². The van der Waals surface area contributed by atoms with Crippen LogP contribution < -0.4 is 5.56 Å². The van der Waals surface area contributed by atoms with Gasteiger partial charge in [0.2, 0.25) is 0 Å². The van der Waals surface area contributed by atoms with Crippen molar-refractivity contribution < 1.29 is 18.3 Å². The van der Waals surface area contributed by atoms with E-state index in [0.29, 0.717) is 5.56 Å². The quantitative estimate of drug-likeness (QED) is 0.874. The molecule has 1 N–H and O–H groups in total. The highest BCUT2D eigenvalue weighted by Gasteiger charge is 2.14. The highest BCUT2D eigenvalue weighted by atomic mass is 19.3. The summed E-state index contributed by atoms with van der Waals surface area (Å²) in [6.07, 6.45) is -2.56. The predicted octanol–water partition coefficient (Wildman–Crippen LogP) is 2.16. The van der Waals surface area contributed by atoms with E-state index in [1.165, 1.54) is 30.3 Å². The van der Waals surface area contributed by atoms with E-state index in [1.54, 1.807) is 0 Å². The van der Waals surface area contributed by atoms with Crippen LogP contribution in [0.1, 0.15) is 22.3 Å². The van der Waals surface area contributed by atoms with Gasteiger partial charge in [0.1, 0.15) is 5.56 Å². The van der Waals surface area contributed by atoms with Crippen molar-refractivity contribution in [2.45, 2.75) is 6.43 Å². The van der Waals surface area contributed by atoms with Crippen LogP contribution in [0.15, 0.2) is 35.1 Å². The second-order valence-electron chi connectivity index (χ2n) is 3.91. The average Bonchev–Trinajstić information content (AvgIpc) is 2.47. The lowest BCUT2D eigenvalue weighted by atomic mass is 10.1. The summed E-state index contributed by atoms with van der Waals surface area (Å²) in [6, 6.07) is 6.63. The lowest BCUT2D eigenvalue weighted by molar-refractivity contribution is 0.0598. The van der Waals surface area contributed by atoms with Gasteiger partial charge >= 0.3 is 5.97 Å². The molecule has 5 nitrogen and oxygen atoms in total. The van der Waals surface area contributed by atoms with Crippen molar-refractivity contribution in [2.24, 2.45) is 0 Å². The third kappa shape index (κ3) is 2.71. The predicted molar refractivity (Wildman–Crippen MR) is 66.6 cm³/mol. The van der Waals surface area contributed by atoms with Crippen LogP contribution in [-0.4, -0.2) is 23.3 Å². The molecule has 0 amide bonds. The van der Waals surface area contributed by atoms with Gasteiger partial charge in [0.25, 0.3) is 12.0 Å². The molecule has 0 aliphatic heterocycles. The molecular formula is C13H10F2N2O3. The van der Waals surface area contributed by atoms with E-state index in [0.717, 1.165) is 7.11 Å². The fraction of sp³-hybridized carbons (Fsp3) is 0.154. The van der Waals surface area contributed by atoms with Crippen LogP contribution in [0, 0.1) is 0 Å². The number of rotatable bonds is 3. The Kier molecular flexibility index (Phi) is 3.88. The van der Waals surface area contributed by atoms with E-state index < -0.39 is 18.0 Å². The first kappa shape index (κ1) is 13.9. The molecule has 0 unspecified atom stereocenters. The van der Waals surface area contributed by atoms with Gasteiger partial charge < -0.3 is 4.74 Å². The van der Waals surface area contributed by atoms with Crippen molar-refractivity contribution in [1.29, 1.82) is 0 Å². The van der Waals surface area contributed by atoms with E-state index in [1.807, 2.05) is 0 Å². The van der Waals surface area contributed by atoms with Crippen LogP contribution in [0.3, 0.4) is 0 Å². The molecule has 0 saturated carbocycles. The number of alkyl halides is 2. The molecule has 0 bridgehead atoms. The topological polar surface area (TPSA) is 72.0 Å². The van der Waals surface area contributed by atoms with Crippen LogP contribution in [-0.2, 0) is 4.74 Å². The number of aromatic nitrogens is 2. The number of hydrogen-bond acceptors (Lipinski definition) is 4. The fourth-order valence-corrected chi connectivity index (χ4v) is 1.61. The van der Waals surface area contributed by atoms with Gasteiger partial charge in [0.05, 0.1) is 12.8 Å². The second kappa shape index (κ2) is 5.60. The van der Waals surface area contributed by atoms with Gasteiger partial charge in [-0.2, -0.15) is 5.10 Å². The number of halogens is 2. The highest BCUT2D eigenvalue weighted by molar-refractivity contribution is 5.89. The minimum absolute atomic E-state index is 0.119. The van der Waals surface area contributed by atoms with E-state index in [4.69, 9.17) is 0 Å². The molecule has 0 atom stereocenters. The van der Waals surface area contributed by atoms with Crippen molar-refractivity contribution in [2.75, 3.05) is 7.11 Å². The Bertz CT molecular complexity index is 681. The first-order valence-electron chi connectivity index (χ1n) is 5.59. The minimum atomic E-state index is -2.56. The molecule has 0 fully saturated rings. The zero-order valence-corrected chi connectivity index (χ0v) is 10.4. The normalized spacial score (nSPS) is 10.6. The second-order valence-corrected chi connectivity index (χ2v) is 3.91. The molecule has 0 radical (unpaired) electrons. The van der Waals surface area contributed by atoms with E-state index in [9.17, 15) is 18.4 Å². The number of nitrogens with zero attached hydrogens (tertiary/aromatic N) is 1. The molecule has 0 spiro atoms. The molecule has 1 aromatic heterocycles. The van der Waals surface area contributed by atoms with Gasteiger partial charge in [-0.15, -0.1) is 0 Å². The number of hydrogen-bond donors (Lipinski definition) is 1. The van der Waals surface area contributed by atoms with Crippen LogP contribution in [0.4, 0.5) is 8.78 Å². The SMILES string of the molecule is COC(=O)c1cc(-c2ccc(C(F)F)cc2)n[nH]c1=O. The number of ether oxygens (including phenoxy) is 1. The largest absolute Gasteiger partial charge is 0.465 e.